The van der Waals surface area contributed by atoms with E-state index >= 15 is 0 Å². The van der Waals surface area contributed by atoms with Crippen LogP contribution in [0.25, 0.3) is 0 Å². The Balaban J connectivity index is -0.00000000868. The van der Waals surface area contributed by atoms with Crippen molar-refractivity contribution in [3.8, 4) is 0 Å². The highest BCUT2D eigenvalue weighted by Crippen LogP contribution is 1.87. The predicted molar refractivity (Wildman–Crippen MR) is 72.6 cm³/mol. The Morgan fingerprint density at radius 3 is 1.53 bits per heavy atom. The van der Waals surface area contributed by atoms with Gasteiger partial charge in [-0.05, 0) is 0 Å². The van der Waals surface area contributed by atoms with Crippen LogP contribution in [0.1, 0.15) is 57.3 Å². The molecule has 0 radical (unpaired) electrons. The van der Waals surface area contributed by atoms with Gasteiger partial charge in [0.15, 0.2) is 0 Å². The molecular formula is C10H34N2O3-2. The minimum Gasteiger partial charge on any atom is -0.665 e. The standard InChI is InChI=1S/C5H9O.CHO2.4CH4.2H3N.H2/c1-2-3-4-5-6;2-1-3;;;;;;;/h2-4H2,1H3;(H,2,3);4*1H4;2*1H3;1H/q2*-1;;;;;;;/i/hT2. The van der Waals surface area contributed by atoms with Gasteiger partial charge in [-0.1, -0.05) is 55.9 Å². The van der Waals surface area contributed by atoms with Crippen LogP contribution in [0.5, 0.6) is 0 Å². The Hall–Kier alpha value is -0.940. The first-order valence-electron chi connectivity index (χ1n) is 3.85. The summed E-state index contributed by atoms with van der Waals surface area (Å²) in [5.74, 6) is 0. The molecule has 0 fully saturated rings. The summed E-state index contributed by atoms with van der Waals surface area (Å²) in [5.41, 5.74) is 0. The molecule has 5 heteroatoms. The molecule has 0 aromatic carbocycles. The van der Waals surface area contributed by atoms with Gasteiger partial charge >= 0.3 is 0 Å². The second kappa shape index (κ2) is 115. The Morgan fingerprint density at radius 2 is 1.47 bits per heavy atom. The molecule has 0 unspecified atom stereocenters. The lowest BCUT2D eigenvalue weighted by atomic mass is 10.3. The van der Waals surface area contributed by atoms with Crippen LogP contribution in [0, 0.1) is 0 Å². The van der Waals surface area contributed by atoms with Crippen molar-refractivity contribution in [2.45, 2.75) is 55.9 Å². The molecule has 0 aliphatic rings. The van der Waals surface area contributed by atoms with Crippen LogP contribution in [0.4, 0.5) is 0 Å². The number of aliphatic hydroxyl groups excluding tert-OH is 1. The topological polar surface area (TPSA) is 124 Å². The van der Waals surface area contributed by atoms with Crippen molar-refractivity contribution in [1.29, 1.82) is 0 Å². The van der Waals surface area contributed by atoms with E-state index in [-0.39, 0.29) is 31.1 Å². The van der Waals surface area contributed by atoms with Crippen molar-refractivity contribution in [1.82, 2.24) is 12.3 Å². The van der Waals surface area contributed by atoms with E-state index in [1.165, 1.54) is 0 Å². The number of unbranched alkanes of at least 4 members (excludes halogenated alkanes) is 2. The summed E-state index contributed by atoms with van der Waals surface area (Å²) in [6, 6.07) is 0. The first-order chi connectivity index (χ1) is 6.33. The van der Waals surface area contributed by atoms with Crippen LogP contribution >= 0.6 is 0 Å². The fourth-order valence-electron chi connectivity index (χ4n) is 0.249. The summed E-state index contributed by atoms with van der Waals surface area (Å²) in [4.78, 5) is 17.7. The molecule has 0 amide bonds. The molecule has 104 valence electrons. The third-order valence-corrected chi connectivity index (χ3v) is 0.632. The Labute approximate surface area is 101 Å². The number of carbonyl (C=O) groups excluding carboxylic acids is 1. The van der Waals surface area contributed by atoms with Gasteiger partial charge < -0.3 is 27.0 Å². The van der Waals surface area contributed by atoms with Crippen LogP contribution < -0.4 is 12.3 Å². The van der Waals surface area contributed by atoms with E-state index in [0.717, 1.165) is 12.8 Å². The molecule has 15 heavy (non-hydrogen) atoms. The first-order valence-corrected chi connectivity index (χ1v) is 2.69. The number of hydrogen-bond donors (Lipinski definition) is 3. The van der Waals surface area contributed by atoms with Gasteiger partial charge in [-0.3, -0.25) is 6.29 Å². The van der Waals surface area contributed by atoms with Crippen LogP contribution in [0.2, 0.25) is 2.82 Å². The van der Waals surface area contributed by atoms with Crippen LogP contribution in [-0.2, 0) is 9.59 Å². The summed E-state index contributed by atoms with van der Waals surface area (Å²) in [5, 5.41) is 6.76. The molecule has 0 aromatic rings. The fraction of sp³-hybridized carbons (Fsp3) is 0.800. The molecule has 0 bridgehead atoms. The second-order valence-electron chi connectivity index (χ2n) is 1.34. The molecule has 7 N–H and O–H groups in total. The Kier molecular flexibility index (Phi) is 284. The number of hydrogen-bond acceptors (Lipinski definition) is 4. The lowest BCUT2D eigenvalue weighted by Gasteiger charge is -1.90. The first kappa shape index (κ1) is 36.9. The van der Waals surface area contributed by atoms with E-state index in [2.05, 4.69) is 19.2 Å². The molecule has 0 heterocycles. The number of rotatable bonds is 3. The maximum absolute atomic E-state index is 9.44. The second-order valence-corrected chi connectivity index (χ2v) is 1.34. The van der Waals surface area contributed by atoms with Crippen molar-refractivity contribution in [3.05, 3.63) is 0 Å². The van der Waals surface area contributed by atoms with Gasteiger partial charge in [-0.15, -0.1) is 0 Å². The normalized spacial score (nSPS) is 5.00. The molecular weight excluding hydrogens is 196 g/mol. The lowest BCUT2D eigenvalue weighted by molar-refractivity contribution is 0.437. The highest BCUT2D eigenvalue weighted by molar-refractivity contribution is 5.49. The van der Waals surface area contributed by atoms with Crippen LogP contribution in [0.3, 0.4) is 0 Å². The Morgan fingerprint density at radius 1 is 1.20 bits per heavy atom. The predicted octanol–water partition coefficient (Wildman–Crippen LogP) is 4.01. The fourth-order valence-corrected chi connectivity index (χ4v) is 0.249. The van der Waals surface area contributed by atoms with Gasteiger partial charge in [-0.2, -0.15) is 6.42 Å². The highest BCUT2D eigenvalue weighted by atomic mass is 16.3. The quantitative estimate of drug-likeness (QED) is 0.502. The SMILES string of the molecule is C.C.C.C.CCCC[C-]=O.O=[C-]O.[3H]N.[3H]N.[HH]. The molecule has 0 spiro atoms. The zero-order valence-electron chi connectivity index (χ0n) is 8.54. The summed E-state index contributed by atoms with van der Waals surface area (Å²) in [6.07, 6.45) is 12.0. The summed E-state index contributed by atoms with van der Waals surface area (Å²) >= 11 is 0. The zero-order valence-corrected chi connectivity index (χ0v) is 6.54. The minimum atomic E-state index is 0. The van der Waals surface area contributed by atoms with Gasteiger partial charge in [0.1, 0.15) is 2.82 Å². The van der Waals surface area contributed by atoms with E-state index in [1.54, 1.807) is 0 Å². The van der Waals surface area contributed by atoms with E-state index in [9.17, 15) is 4.79 Å². The summed E-state index contributed by atoms with van der Waals surface area (Å²) in [7, 11) is 0. The molecule has 0 saturated carbocycles. The van der Waals surface area contributed by atoms with E-state index < -0.39 is 0 Å². The van der Waals surface area contributed by atoms with E-state index in [0.29, 0.717) is 12.9 Å². The molecule has 0 rings (SSSR count). The monoisotopic (exact) mass is 234 g/mol. The molecule has 0 aliphatic carbocycles. The third-order valence-electron chi connectivity index (χ3n) is 0.632. The largest absolute Gasteiger partial charge is 0.665 e. The smallest absolute Gasteiger partial charge is 0.115 e. The van der Waals surface area contributed by atoms with E-state index in [4.69, 9.17) is 12.7 Å². The average molecular weight is 234 g/mol. The highest BCUT2D eigenvalue weighted by Gasteiger charge is 1.65. The lowest BCUT2D eigenvalue weighted by Crippen LogP contribution is -1.70. The van der Waals surface area contributed by atoms with Crippen LogP contribution in [-0.4, -0.2) is 17.9 Å². The third kappa shape index (κ3) is 376. The molecule has 0 atom stereocenters. The Bertz CT molecular complexity index is 83.4. The van der Waals surface area contributed by atoms with E-state index in [1.807, 2.05) is 6.29 Å². The van der Waals surface area contributed by atoms with Crippen molar-refractivity contribution in [2.24, 2.45) is 0 Å². The maximum atomic E-state index is 9.44. The van der Waals surface area contributed by atoms with Crippen LogP contribution in [0.15, 0.2) is 0 Å². The molecule has 5 nitrogen and oxygen atoms in total. The van der Waals surface area contributed by atoms with Gasteiger partial charge in [-0.25, -0.2) is 0 Å². The van der Waals surface area contributed by atoms with Gasteiger partial charge in [0.2, 0.25) is 0 Å². The minimum absolute atomic E-state index is 0. The van der Waals surface area contributed by atoms with Gasteiger partial charge in [0.25, 0.3) is 0 Å². The zero-order chi connectivity index (χ0) is 11.5. The van der Waals surface area contributed by atoms with Crippen molar-refractivity contribution in [2.75, 3.05) is 0 Å². The van der Waals surface area contributed by atoms with Crippen molar-refractivity contribution < 1.29 is 18.9 Å². The molecule has 0 aromatic heterocycles. The van der Waals surface area contributed by atoms with Crippen molar-refractivity contribution >= 4 is 12.8 Å². The van der Waals surface area contributed by atoms with Crippen molar-refractivity contribution in [3.63, 3.8) is 0 Å². The molecule has 0 aliphatic heterocycles. The summed E-state index contributed by atoms with van der Waals surface area (Å²) in [6.45, 7) is 2.55. The summed E-state index contributed by atoms with van der Waals surface area (Å²) < 4.78 is 10.5. The van der Waals surface area contributed by atoms with Gasteiger partial charge in [0.05, 0.1) is 0 Å². The maximum Gasteiger partial charge on any atom is 0.115 e. The molecule has 0 saturated heterocycles. The van der Waals surface area contributed by atoms with Gasteiger partial charge in [0, 0.05) is 1.43 Å². The average Bonchev–Trinajstić information content (AvgIpc) is 2.22.